The minimum Gasteiger partial charge on any atom is -0.448 e. The first-order valence-electron chi connectivity index (χ1n) is 9.92. The van der Waals surface area contributed by atoms with Gasteiger partial charge in [-0.05, 0) is 55.5 Å². The van der Waals surface area contributed by atoms with Gasteiger partial charge in [0.05, 0.1) is 18.8 Å². The second kappa shape index (κ2) is 9.98. The van der Waals surface area contributed by atoms with Crippen molar-refractivity contribution in [3.8, 4) is 11.3 Å². The molecule has 3 aromatic rings. The lowest BCUT2D eigenvalue weighted by Crippen LogP contribution is -2.47. The number of aryl methyl sites for hydroxylation is 1. The van der Waals surface area contributed by atoms with Crippen LogP contribution in [-0.4, -0.2) is 33.9 Å². The normalized spacial score (nSPS) is 13.8. The molecule has 0 aliphatic heterocycles. The van der Waals surface area contributed by atoms with Crippen molar-refractivity contribution in [2.24, 2.45) is 5.73 Å². The summed E-state index contributed by atoms with van der Waals surface area (Å²) in [4.78, 5) is 6.92. The quantitative estimate of drug-likeness (QED) is 0.451. The molecule has 1 aliphatic rings. The lowest BCUT2D eigenvalue weighted by Gasteiger charge is -2.24. The van der Waals surface area contributed by atoms with Gasteiger partial charge in [-0.3, -0.25) is 0 Å². The third-order valence-corrected chi connectivity index (χ3v) is 6.31. The molecule has 4 rings (SSSR count). The molecule has 30 heavy (non-hydrogen) atoms. The molecule has 2 aromatic carbocycles. The van der Waals surface area contributed by atoms with Crippen LogP contribution in [0, 0.1) is 0 Å². The van der Waals surface area contributed by atoms with Crippen LogP contribution in [0.2, 0.25) is 0 Å². The minimum atomic E-state index is -0.918. The number of aliphatic hydroxyl groups is 2. The molecule has 1 saturated carbocycles. The summed E-state index contributed by atoms with van der Waals surface area (Å²) in [6.07, 6.45) is 5.38. The molecular weight excluding hydrogens is 420 g/mol. The van der Waals surface area contributed by atoms with Crippen molar-refractivity contribution in [1.82, 2.24) is 4.98 Å². The zero-order valence-corrected chi connectivity index (χ0v) is 18.3. The van der Waals surface area contributed by atoms with Gasteiger partial charge in [0.2, 0.25) is 0 Å². The van der Waals surface area contributed by atoms with E-state index in [9.17, 15) is 10.2 Å². The van der Waals surface area contributed by atoms with Crippen molar-refractivity contribution in [3.05, 3.63) is 66.2 Å². The number of halogens is 1. The molecule has 0 amide bonds. The largest absolute Gasteiger partial charge is 0.448 e. The van der Waals surface area contributed by atoms with E-state index in [2.05, 4.69) is 53.5 Å². The molecule has 0 saturated heterocycles. The minimum absolute atomic E-state index is 0. The Morgan fingerprint density at radius 3 is 2.17 bits per heavy atom. The smallest absolute Gasteiger partial charge is 0.197 e. The maximum atomic E-state index is 9.29. The number of oxazole rings is 1. The van der Waals surface area contributed by atoms with Crippen molar-refractivity contribution in [2.75, 3.05) is 13.2 Å². The summed E-state index contributed by atoms with van der Waals surface area (Å²) in [5, 5.41) is 18.6. The molecule has 1 heterocycles. The number of aliphatic hydroxyl groups excluding tert-OH is 2. The summed E-state index contributed by atoms with van der Waals surface area (Å²) in [7, 11) is 0. The molecule has 4 N–H and O–H groups in total. The molecular formula is C23H27ClN2O3S. The lowest BCUT2D eigenvalue weighted by atomic mass is 9.94. The van der Waals surface area contributed by atoms with Crippen LogP contribution in [-0.2, 0) is 6.42 Å². The highest BCUT2D eigenvalue weighted by atomic mass is 35.5. The van der Waals surface area contributed by atoms with Crippen molar-refractivity contribution < 1.29 is 14.6 Å². The summed E-state index contributed by atoms with van der Waals surface area (Å²) < 4.78 is 5.58. The summed E-state index contributed by atoms with van der Waals surface area (Å²) in [5.41, 5.74) is 8.12. The number of nitrogens with two attached hydrogens (primary N) is 1. The van der Waals surface area contributed by atoms with Crippen molar-refractivity contribution in [2.45, 2.75) is 46.9 Å². The molecule has 1 aliphatic carbocycles. The maximum absolute atomic E-state index is 9.29. The average molecular weight is 447 g/mol. The molecule has 0 spiro atoms. The fourth-order valence-electron chi connectivity index (χ4n) is 3.09. The van der Waals surface area contributed by atoms with Gasteiger partial charge in [-0.25, -0.2) is 4.98 Å². The van der Waals surface area contributed by atoms with E-state index in [0.29, 0.717) is 12.3 Å². The first-order valence-corrected chi connectivity index (χ1v) is 10.7. The maximum Gasteiger partial charge on any atom is 0.197 e. The van der Waals surface area contributed by atoms with E-state index in [-0.39, 0.29) is 25.6 Å². The zero-order chi connectivity index (χ0) is 20.3. The SMILES string of the molecule is Cl.NC(CO)(CO)CCc1ccc(Sc2ccc(-c3coc(C4CC4)n3)cc2)cc1. The molecule has 0 atom stereocenters. The van der Waals surface area contributed by atoms with Gasteiger partial charge in [0, 0.05) is 21.3 Å². The van der Waals surface area contributed by atoms with Crippen LogP contribution < -0.4 is 5.73 Å². The molecule has 7 heteroatoms. The molecule has 0 bridgehead atoms. The topological polar surface area (TPSA) is 92.5 Å². The fourth-order valence-corrected chi connectivity index (χ4v) is 3.91. The van der Waals surface area contributed by atoms with Crippen LogP contribution in [0.5, 0.6) is 0 Å². The molecule has 1 aromatic heterocycles. The standard InChI is InChI=1S/C23H26N2O3S.ClH/c24-23(14-26,15-27)12-11-16-1-7-19(8-2-16)29-20-9-5-17(6-10-20)21-13-28-22(25-21)18-3-4-18;/h1-2,5-10,13,18,26-27H,3-4,11-12,14-15,24H2;1H. The Bertz CT molecular complexity index is 936. The van der Waals surface area contributed by atoms with Gasteiger partial charge in [0.25, 0.3) is 0 Å². The number of nitrogens with zero attached hydrogens (tertiary/aromatic N) is 1. The molecule has 0 unspecified atom stereocenters. The van der Waals surface area contributed by atoms with E-state index >= 15 is 0 Å². The van der Waals surface area contributed by atoms with Crippen molar-refractivity contribution in [1.29, 1.82) is 0 Å². The van der Waals surface area contributed by atoms with E-state index in [4.69, 9.17) is 10.2 Å². The average Bonchev–Trinajstić information content (AvgIpc) is 3.50. The second-order valence-corrected chi connectivity index (χ2v) is 8.94. The Labute approximate surface area is 187 Å². The van der Waals surface area contributed by atoms with E-state index < -0.39 is 5.54 Å². The predicted octanol–water partition coefficient (Wildman–Crippen LogP) is 4.41. The first-order chi connectivity index (χ1) is 14.1. The number of hydrogen-bond acceptors (Lipinski definition) is 6. The third-order valence-electron chi connectivity index (χ3n) is 5.30. The Morgan fingerprint density at radius 1 is 1.00 bits per heavy atom. The fraction of sp³-hybridized carbons (Fsp3) is 0.348. The van der Waals surface area contributed by atoms with E-state index in [0.717, 1.165) is 38.9 Å². The Morgan fingerprint density at radius 2 is 1.60 bits per heavy atom. The van der Waals surface area contributed by atoms with E-state index in [1.165, 1.54) is 12.8 Å². The van der Waals surface area contributed by atoms with Gasteiger partial charge in [0.1, 0.15) is 12.0 Å². The number of benzene rings is 2. The summed E-state index contributed by atoms with van der Waals surface area (Å²) in [6, 6.07) is 16.7. The van der Waals surface area contributed by atoms with Gasteiger partial charge in [0.15, 0.2) is 5.89 Å². The van der Waals surface area contributed by atoms with E-state index in [1.54, 1.807) is 18.0 Å². The summed E-state index contributed by atoms with van der Waals surface area (Å²) >= 11 is 1.70. The second-order valence-electron chi connectivity index (χ2n) is 7.79. The monoisotopic (exact) mass is 446 g/mol. The summed E-state index contributed by atoms with van der Waals surface area (Å²) in [5.74, 6) is 1.39. The van der Waals surface area contributed by atoms with Gasteiger partial charge in [-0.1, -0.05) is 36.0 Å². The molecule has 5 nitrogen and oxygen atoms in total. The third kappa shape index (κ3) is 5.65. The number of hydrogen-bond donors (Lipinski definition) is 3. The molecule has 1 fully saturated rings. The van der Waals surface area contributed by atoms with Crippen LogP contribution in [0.15, 0.2) is 69.0 Å². The van der Waals surface area contributed by atoms with Crippen LogP contribution >= 0.6 is 24.2 Å². The van der Waals surface area contributed by atoms with E-state index in [1.807, 2.05) is 0 Å². The van der Waals surface area contributed by atoms with Gasteiger partial charge in [-0.2, -0.15) is 0 Å². The first kappa shape index (κ1) is 22.8. The Kier molecular flexibility index (Phi) is 7.60. The Balaban J connectivity index is 0.00000256. The van der Waals surface area contributed by atoms with Gasteiger partial charge >= 0.3 is 0 Å². The van der Waals surface area contributed by atoms with Crippen LogP contribution in [0.25, 0.3) is 11.3 Å². The highest BCUT2D eigenvalue weighted by Gasteiger charge is 2.28. The highest BCUT2D eigenvalue weighted by Crippen LogP contribution is 2.40. The number of rotatable bonds is 9. The zero-order valence-electron chi connectivity index (χ0n) is 16.7. The van der Waals surface area contributed by atoms with Crippen LogP contribution in [0.1, 0.15) is 36.6 Å². The number of aromatic nitrogens is 1. The van der Waals surface area contributed by atoms with Crippen LogP contribution in [0.3, 0.4) is 0 Å². The van der Waals surface area contributed by atoms with Crippen molar-refractivity contribution in [3.63, 3.8) is 0 Å². The van der Waals surface area contributed by atoms with Gasteiger partial charge < -0.3 is 20.4 Å². The molecule has 160 valence electrons. The summed E-state index contributed by atoms with van der Waals surface area (Å²) in [6.45, 7) is -0.437. The molecule has 0 radical (unpaired) electrons. The lowest BCUT2D eigenvalue weighted by molar-refractivity contribution is 0.115. The van der Waals surface area contributed by atoms with Gasteiger partial charge in [-0.15, -0.1) is 12.4 Å². The predicted molar refractivity (Wildman–Crippen MR) is 121 cm³/mol. The Hall–Kier alpha value is -1.83. The van der Waals surface area contributed by atoms with Crippen LogP contribution in [0.4, 0.5) is 0 Å². The highest BCUT2D eigenvalue weighted by molar-refractivity contribution is 7.99. The van der Waals surface area contributed by atoms with Crippen molar-refractivity contribution >= 4 is 24.2 Å².